The van der Waals surface area contributed by atoms with E-state index in [1.807, 2.05) is 37.8 Å². The largest absolute Gasteiger partial charge is 0.384 e. The van der Waals surface area contributed by atoms with Gasteiger partial charge < -0.3 is 16.4 Å². The van der Waals surface area contributed by atoms with E-state index in [9.17, 15) is 9.59 Å². The van der Waals surface area contributed by atoms with Gasteiger partial charge in [-0.05, 0) is 49.3 Å². The predicted molar refractivity (Wildman–Crippen MR) is 120 cm³/mol. The second-order valence-electron chi connectivity index (χ2n) is 7.10. The molecule has 0 fully saturated rings. The fourth-order valence-corrected chi connectivity index (χ4v) is 3.40. The summed E-state index contributed by atoms with van der Waals surface area (Å²) in [5.74, 6) is -0.0384. The zero-order valence-corrected chi connectivity index (χ0v) is 18.4. The number of carbonyl (C=O) groups excluding carboxylic acids is 2. The molecule has 2 atom stereocenters. The molecule has 0 saturated carbocycles. The Morgan fingerprint density at radius 2 is 1.87 bits per heavy atom. The number of amides is 2. The van der Waals surface area contributed by atoms with Gasteiger partial charge in [0.25, 0.3) is 0 Å². The second kappa shape index (κ2) is 11.5. The molecule has 0 aliphatic rings. The molecule has 0 aliphatic carbocycles. The molecular weight excluding hydrogens is 402 g/mol. The summed E-state index contributed by atoms with van der Waals surface area (Å²) in [4.78, 5) is 31.8. The molecule has 0 saturated heterocycles. The summed E-state index contributed by atoms with van der Waals surface area (Å²) in [6, 6.07) is 9.70. The first kappa shape index (κ1) is 23.6. The zero-order valence-electron chi connectivity index (χ0n) is 17.7. The van der Waals surface area contributed by atoms with E-state index < -0.39 is 6.04 Å². The van der Waals surface area contributed by atoms with Gasteiger partial charge in [0.2, 0.25) is 11.8 Å². The van der Waals surface area contributed by atoms with Crippen molar-refractivity contribution in [2.45, 2.75) is 45.8 Å². The number of nitrogens with one attached hydrogen (secondary N) is 2. The number of aromatic nitrogens is 1. The lowest BCUT2D eigenvalue weighted by Gasteiger charge is -2.27. The van der Waals surface area contributed by atoms with E-state index in [-0.39, 0.29) is 17.9 Å². The number of pyridine rings is 1. The van der Waals surface area contributed by atoms with Crippen LogP contribution in [-0.2, 0) is 22.6 Å². The highest BCUT2D eigenvalue weighted by atomic mass is 35.5. The molecule has 1 aromatic carbocycles. The summed E-state index contributed by atoms with van der Waals surface area (Å²) in [5, 5.41) is 6.37. The average molecular weight is 432 g/mol. The van der Waals surface area contributed by atoms with Crippen LogP contribution in [0.15, 0.2) is 42.6 Å². The number of rotatable bonds is 10. The van der Waals surface area contributed by atoms with E-state index in [2.05, 4.69) is 15.6 Å². The Labute approximate surface area is 183 Å². The third-order valence-corrected chi connectivity index (χ3v) is 5.25. The van der Waals surface area contributed by atoms with Crippen LogP contribution >= 0.6 is 11.6 Å². The van der Waals surface area contributed by atoms with E-state index in [1.54, 1.807) is 30.5 Å². The van der Waals surface area contributed by atoms with Crippen molar-refractivity contribution in [3.8, 4) is 0 Å². The van der Waals surface area contributed by atoms with Gasteiger partial charge in [-0.15, -0.1) is 0 Å². The van der Waals surface area contributed by atoms with Crippen molar-refractivity contribution in [3.63, 3.8) is 0 Å². The number of anilines is 1. The minimum atomic E-state index is -0.726. The topological polar surface area (TPSA) is 100 Å². The lowest BCUT2D eigenvalue weighted by atomic mass is 10.0. The highest BCUT2D eigenvalue weighted by Gasteiger charge is 2.26. The SMILES string of the molecule is CCN(CC)[C@@H](C)C(=O)N[C@@H](Cc1cccc(Cl)c1)C(=O)NCc1ccc(N)nc1. The number of nitrogens with two attached hydrogens (primary N) is 1. The molecule has 7 nitrogen and oxygen atoms in total. The van der Waals surface area contributed by atoms with Crippen molar-refractivity contribution in [3.05, 3.63) is 58.7 Å². The highest BCUT2D eigenvalue weighted by molar-refractivity contribution is 6.30. The van der Waals surface area contributed by atoms with Crippen LogP contribution in [0.25, 0.3) is 0 Å². The fourth-order valence-electron chi connectivity index (χ4n) is 3.19. The van der Waals surface area contributed by atoms with Crippen molar-refractivity contribution in [2.24, 2.45) is 0 Å². The Morgan fingerprint density at radius 1 is 1.13 bits per heavy atom. The van der Waals surface area contributed by atoms with Gasteiger partial charge in [0.05, 0.1) is 6.04 Å². The maximum Gasteiger partial charge on any atom is 0.243 e. The molecule has 1 heterocycles. The Hall–Kier alpha value is -2.64. The Bertz CT molecular complexity index is 840. The summed E-state index contributed by atoms with van der Waals surface area (Å²) in [5.41, 5.74) is 7.29. The van der Waals surface area contributed by atoms with E-state index in [1.165, 1.54) is 0 Å². The van der Waals surface area contributed by atoms with Gasteiger partial charge in [0.15, 0.2) is 0 Å². The summed E-state index contributed by atoms with van der Waals surface area (Å²) in [6.45, 7) is 7.64. The van der Waals surface area contributed by atoms with Gasteiger partial charge in [-0.2, -0.15) is 0 Å². The van der Waals surface area contributed by atoms with Crippen molar-refractivity contribution >= 4 is 29.2 Å². The van der Waals surface area contributed by atoms with Gasteiger partial charge in [0.1, 0.15) is 11.9 Å². The van der Waals surface area contributed by atoms with Crippen LogP contribution in [0, 0.1) is 0 Å². The second-order valence-corrected chi connectivity index (χ2v) is 7.54. The maximum absolute atomic E-state index is 12.9. The number of hydrogen-bond donors (Lipinski definition) is 3. The molecule has 0 bridgehead atoms. The molecule has 8 heteroatoms. The molecular formula is C22H30ClN5O2. The smallest absolute Gasteiger partial charge is 0.243 e. The number of halogens is 1. The van der Waals surface area contributed by atoms with Crippen molar-refractivity contribution in [1.82, 2.24) is 20.5 Å². The lowest BCUT2D eigenvalue weighted by Crippen LogP contribution is -2.53. The van der Waals surface area contributed by atoms with Gasteiger partial charge in [-0.3, -0.25) is 14.5 Å². The Morgan fingerprint density at radius 3 is 2.47 bits per heavy atom. The first-order chi connectivity index (χ1) is 14.3. The van der Waals surface area contributed by atoms with Crippen LogP contribution < -0.4 is 16.4 Å². The molecule has 0 unspecified atom stereocenters. The van der Waals surface area contributed by atoms with Crippen LogP contribution in [0.3, 0.4) is 0 Å². The van der Waals surface area contributed by atoms with E-state index >= 15 is 0 Å². The molecule has 4 N–H and O–H groups in total. The first-order valence-electron chi connectivity index (χ1n) is 10.1. The molecule has 2 amide bonds. The number of hydrogen-bond acceptors (Lipinski definition) is 5. The molecule has 0 spiro atoms. The number of carbonyl (C=O) groups is 2. The molecule has 2 aromatic rings. The number of benzene rings is 1. The minimum Gasteiger partial charge on any atom is -0.384 e. The number of likely N-dealkylation sites (N-methyl/N-ethyl adjacent to an activating group) is 1. The Kier molecular flexibility index (Phi) is 9.08. The molecule has 0 aliphatic heterocycles. The third-order valence-electron chi connectivity index (χ3n) is 5.02. The average Bonchev–Trinajstić information content (AvgIpc) is 2.73. The monoisotopic (exact) mass is 431 g/mol. The highest BCUT2D eigenvalue weighted by Crippen LogP contribution is 2.13. The normalized spacial score (nSPS) is 13.0. The number of nitrogens with zero attached hydrogens (tertiary/aromatic N) is 2. The standard InChI is InChI=1S/C22H30ClN5O2/c1-4-28(5-2)15(3)21(29)27-19(12-16-7-6-8-18(23)11-16)22(30)26-14-17-9-10-20(24)25-13-17/h6-11,13,15,19H,4-5,12,14H2,1-3H3,(H2,24,25)(H,26,30)(H,27,29)/t15-,19-/m0/s1. The molecule has 0 radical (unpaired) electrons. The van der Waals surface area contributed by atoms with Crippen LogP contribution in [0.1, 0.15) is 31.9 Å². The summed E-state index contributed by atoms with van der Waals surface area (Å²) < 4.78 is 0. The summed E-state index contributed by atoms with van der Waals surface area (Å²) in [7, 11) is 0. The van der Waals surface area contributed by atoms with Crippen molar-refractivity contribution < 1.29 is 9.59 Å². The molecule has 1 aromatic heterocycles. The zero-order chi connectivity index (χ0) is 22.1. The van der Waals surface area contributed by atoms with Gasteiger partial charge in [-0.1, -0.05) is 43.6 Å². The molecule has 162 valence electrons. The van der Waals surface area contributed by atoms with Gasteiger partial charge in [-0.25, -0.2) is 4.98 Å². The van der Waals surface area contributed by atoms with Gasteiger partial charge in [0, 0.05) is 24.2 Å². The first-order valence-corrected chi connectivity index (χ1v) is 10.5. The van der Waals surface area contributed by atoms with Crippen LogP contribution in [0.2, 0.25) is 5.02 Å². The molecule has 30 heavy (non-hydrogen) atoms. The van der Waals surface area contributed by atoms with Crippen molar-refractivity contribution in [1.29, 1.82) is 0 Å². The molecule has 2 rings (SSSR count). The van der Waals surface area contributed by atoms with Crippen molar-refractivity contribution in [2.75, 3.05) is 18.8 Å². The fraction of sp³-hybridized carbons (Fsp3) is 0.409. The lowest BCUT2D eigenvalue weighted by molar-refractivity contribution is -0.131. The summed E-state index contributed by atoms with van der Waals surface area (Å²) >= 11 is 6.09. The van der Waals surface area contributed by atoms with Crippen LogP contribution in [0.5, 0.6) is 0 Å². The van der Waals surface area contributed by atoms with Crippen LogP contribution in [0.4, 0.5) is 5.82 Å². The maximum atomic E-state index is 12.9. The predicted octanol–water partition coefficient (Wildman–Crippen LogP) is 2.39. The van der Waals surface area contributed by atoms with E-state index in [0.717, 1.165) is 24.2 Å². The van der Waals surface area contributed by atoms with Crippen LogP contribution in [-0.4, -0.2) is 46.9 Å². The number of nitrogen functional groups attached to an aromatic ring is 1. The van der Waals surface area contributed by atoms with Gasteiger partial charge >= 0.3 is 0 Å². The quantitative estimate of drug-likeness (QED) is 0.536. The van der Waals surface area contributed by atoms with E-state index in [0.29, 0.717) is 23.8 Å². The Balaban J connectivity index is 2.11. The summed E-state index contributed by atoms with van der Waals surface area (Å²) in [6.07, 6.45) is 1.95. The minimum absolute atomic E-state index is 0.185. The van der Waals surface area contributed by atoms with E-state index in [4.69, 9.17) is 17.3 Å². The third kappa shape index (κ3) is 7.00.